The third-order valence-electron chi connectivity index (χ3n) is 5.31. The average molecular weight is 376 g/mol. The predicted octanol–water partition coefficient (Wildman–Crippen LogP) is 6.03. The molecule has 0 radical (unpaired) electrons. The number of hydrogen-bond donors (Lipinski definition) is 0. The van der Waals surface area contributed by atoms with Crippen molar-refractivity contribution in [3.63, 3.8) is 0 Å². The second-order valence-corrected chi connectivity index (χ2v) is 7.14. The van der Waals surface area contributed by atoms with E-state index in [4.69, 9.17) is 9.47 Å². The van der Waals surface area contributed by atoms with Crippen molar-refractivity contribution in [3.05, 3.63) is 83.7 Å². The minimum absolute atomic E-state index is 0.172. The van der Waals surface area contributed by atoms with Gasteiger partial charge >= 0.3 is 0 Å². The molecule has 1 heterocycles. The Labute approximate surface area is 165 Å². The Kier molecular flexibility index (Phi) is 5.84. The maximum atomic E-state index is 14.5. The van der Waals surface area contributed by atoms with Crippen molar-refractivity contribution in [2.24, 2.45) is 0 Å². The van der Waals surface area contributed by atoms with Crippen molar-refractivity contribution in [2.45, 2.75) is 32.5 Å². The number of aryl methyl sites for hydroxylation is 2. The van der Waals surface area contributed by atoms with E-state index in [2.05, 4.69) is 55.5 Å². The van der Waals surface area contributed by atoms with Crippen LogP contribution in [0.25, 0.3) is 22.3 Å². The van der Waals surface area contributed by atoms with Crippen LogP contribution in [0.4, 0.5) is 4.39 Å². The molecule has 3 aromatic carbocycles. The topological polar surface area (TPSA) is 18.5 Å². The second kappa shape index (κ2) is 8.68. The van der Waals surface area contributed by atoms with Crippen LogP contribution >= 0.6 is 0 Å². The molecule has 28 heavy (non-hydrogen) atoms. The maximum Gasteiger partial charge on any atom is 0.158 e. The van der Waals surface area contributed by atoms with E-state index < -0.39 is 0 Å². The first-order chi connectivity index (χ1) is 13.7. The molecule has 0 spiro atoms. The lowest BCUT2D eigenvalue weighted by Crippen LogP contribution is -2.09. The van der Waals surface area contributed by atoms with E-state index in [1.54, 1.807) is 6.07 Å². The molecule has 0 bridgehead atoms. The van der Waals surface area contributed by atoms with Crippen LogP contribution < -0.4 is 0 Å². The molecule has 2 nitrogen and oxygen atoms in total. The quantitative estimate of drug-likeness (QED) is 0.523. The third kappa shape index (κ3) is 4.32. The highest BCUT2D eigenvalue weighted by atomic mass is 19.1. The van der Waals surface area contributed by atoms with Gasteiger partial charge in [0.25, 0.3) is 0 Å². The van der Waals surface area contributed by atoms with Gasteiger partial charge in [-0.05, 0) is 52.3 Å². The van der Waals surface area contributed by atoms with Crippen molar-refractivity contribution in [1.29, 1.82) is 0 Å². The molecule has 1 saturated heterocycles. The maximum absolute atomic E-state index is 14.5. The molecule has 3 heteroatoms. The van der Waals surface area contributed by atoms with E-state index >= 15 is 0 Å². The summed E-state index contributed by atoms with van der Waals surface area (Å²) in [5, 5.41) is 0. The van der Waals surface area contributed by atoms with E-state index in [1.807, 2.05) is 12.1 Å². The Morgan fingerprint density at radius 1 is 0.786 bits per heavy atom. The Bertz CT molecular complexity index is 910. The summed E-state index contributed by atoms with van der Waals surface area (Å²) in [4.78, 5) is 0. The third-order valence-corrected chi connectivity index (χ3v) is 5.31. The molecule has 1 fully saturated rings. The first kappa shape index (κ1) is 18.9. The van der Waals surface area contributed by atoms with Gasteiger partial charge in [-0.2, -0.15) is 0 Å². The monoisotopic (exact) mass is 376 g/mol. The van der Waals surface area contributed by atoms with E-state index in [0.29, 0.717) is 31.6 Å². The highest BCUT2D eigenvalue weighted by Crippen LogP contribution is 2.27. The van der Waals surface area contributed by atoms with Gasteiger partial charge in [0.05, 0.1) is 13.2 Å². The number of ether oxygens (including phenoxy) is 2. The number of halogens is 1. The molecule has 1 aliphatic heterocycles. The Morgan fingerprint density at radius 2 is 1.32 bits per heavy atom. The minimum Gasteiger partial charge on any atom is -0.350 e. The van der Waals surface area contributed by atoms with Gasteiger partial charge in [0, 0.05) is 6.42 Å². The number of benzene rings is 3. The Hall–Kier alpha value is -2.49. The predicted molar refractivity (Wildman–Crippen MR) is 111 cm³/mol. The van der Waals surface area contributed by atoms with Crippen LogP contribution in [0.1, 0.15) is 24.5 Å². The summed E-state index contributed by atoms with van der Waals surface area (Å²) in [7, 11) is 0. The largest absolute Gasteiger partial charge is 0.350 e. The van der Waals surface area contributed by atoms with Gasteiger partial charge < -0.3 is 9.47 Å². The summed E-state index contributed by atoms with van der Waals surface area (Å²) in [6.07, 6.45) is 2.14. The van der Waals surface area contributed by atoms with Gasteiger partial charge in [-0.1, -0.05) is 67.6 Å². The van der Waals surface area contributed by atoms with E-state index in [0.717, 1.165) is 17.5 Å². The standard InChI is InChI=1S/C25H25FO2/c1-2-18-3-5-19(6-4-18)20-7-9-21(10-8-20)23-12-11-22(24(26)17-23)13-14-25-27-15-16-28-25/h3-12,17,25H,2,13-16H2,1H3. The molecule has 144 valence electrons. The number of hydrogen-bond acceptors (Lipinski definition) is 2. The van der Waals surface area contributed by atoms with Crippen LogP contribution in [0.5, 0.6) is 0 Å². The van der Waals surface area contributed by atoms with E-state index in [1.165, 1.54) is 16.7 Å². The molecule has 0 atom stereocenters. The summed E-state index contributed by atoms with van der Waals surface area (Å²) >= 11 is 0. The summed E-state index contributed by atoms with van der Waals surface area (Å²) < 4.78 is 25.4. The highest BCUT2D eigenvalue weighted by Gasteiger charge is 2.16. The van der Waals surface area contributed by atoms with Gasteiger partial charge in [0.15, 0.2) is 6.29 Å². The molecular formula is C25H25FO2. The Balaban J connectivity index is 1.46. The van der Waals surface area contributed by atoms with Gasteiger partial charge in [-0.3, -0.25) is 0 Å². The first-order valence-electron chi connectivity index (χ1n) is 9.94. The summed E-state index contributed by atoms with van der Waals surface area (Å²) in [5.41, 5.74) is 6.31. The molecule has 0 unspecified atom stereocenters. The zero-order valence-electron chi connectivity index (χ0n) is 16.2. The van der Waals surface area contributed by atoms with E-state index in [-0.39, 0.29) is 12.1 Å². The first-order valence-corrected chi connectivity index (χ1v) is 9.94. The lowest BCUT2D eigenvalue weighted by atomic mass is 9.98. The average Bonchev–Trinajstić information content (AvgIpc) is 3.27. The van der Waals surface area contributed by atoms with Gasteiger partial charge in [0.1, 0.15) is 5.82 Å². The van der Waals surface area contributed by atoms with Gasteiger partial charge in [-0.15, -0.1) is 0 Å². The molecular weight excluding hydrogens is 351 g/mol. The normalized spacial score (nSPS) is 14.5. The zero-order chi connectivity index (χ0) is 19.3. The molecule has 0 amide bonds. The van der Waals surface area contributed by atoms with Crippen LogP contribution in [0.15, 0.2) is 66.7 Å². The van der Waals surface area contributed by atoms with Crippen molar-refractivity contribution < 1.29 is 13.9 Å². The molecule has 0 aliphatic carbocycles. The summed E-state index contributed by atoms with van der Waals surface area (Å²) in [6, 6.07) is 22.4. The smallest absolute Gasteiger partial charge is 0.158 e. The molecule has 0 saturated carbocycles. The molecule has 1 aliphatic rings. The minimum atomic E-state index is -0.196. The number of rotatable bonds is 6. The fourth-order valence-corrected chi connectivity index (χ4v) is 3.56. The van der Waals surface area contributed by atoms with Crippen LogP contribution in [0, 0.1) is 5.82 Å². The van der Waals surface area contributed by atoms with Crippen LogP contribution in [0.3, 0.4) is 0 Å². The zero-order valence-corrected chi connectivity index (χ0v) is 16.2. The SMILES string of the molecule is CCc1ccc(-c2ccc(-c3ccc(CCC4OCCO4)c(F)c3)cc2)cc1. The lowest BCUT2D eigenvalue weighted by molar-refractivity contribution is -0.0462. The van der Waals surface area contributed by atoms with Crippen molar-refractivity contribution >= 4 is 0 Å². The van der Waals surface area contributed by atoms with Crippen LogP contribution in [-0.2, 0) is 22.3 Å². The summed E-state index contributed by atoms with van der Waals surface area (Å²) in [5.74, 6) is -0.172. The molecule has 4 rings (SSSR count). The molecule has 3 aromatic rings. The van der Waals surface area contributed by atoms with Crippen molar-refractivity contribution in [1.82, 2.24) is 0 Å². The lowest BCUT2D eigenvalue weighted by Gasteiger charge is -2.11. The van der Waals surface area contributed by atoms with Gasteiger partial charge in [-0.25, -0.2) is 4.39 Å². The van der Waals surface area contributed by atoms with Crippen LogP contribution in [0.2, 0.25) is 0 Å². The van der Waals surface area contributed by atoms with Crippen molar-refractivity contribution in [3.8, 4) is 22.3 Å². The van der Waals surface area contributed by atoms with Gasteiger partial charge in [0.2, 0.25) is 0 Å². The Morgan fingerprint density at radius 3 is 1.89 bits per heavy atom. The highest BCUT2D eigenvalue weighted by molar-refractivity contribution is 5.70. The molecule has 0 N–H and O–H groups in total. The molecule has 0 aromatic heterocycles. The second-order valence-electron chi connectivity index (χ2n) is 7.14. The fourth-order valence-electron chi connectivity index (χ4n) is 3.56. The fraction of sp³-hybridized carbons (Fsp3) is 0.280. The van der Waals surface area contributed by atoms with Crippen LogP contribution in [-0.4, -0.2) is 19.5 Å². The van der Waals surface area contributed by atoms with E-state index in [9.17, 15) is 4.39 Å². The van der Waals surface area contributed by atoms with Crippen molar-refractivity contribution in [2.75, 3.05) is 13.2 Å². The summed E-state index contributed by atoms with van der Waals surface area (Å²) in [6.45, 7) is 3.42.